The van der Waals surface area contributed by atoms with Crippen LogP contribution in [0, 0.1) is 11.3 Å². The van der Waals surface area contributed by atoms with Crippen molar-refractivity contribution in [1.29, 1.82) is 0 Å². The van der Waals surface area contributed by atoms with Gasteiger partial charge in [0.2, 0.25) is 0 Å². The number of fused-ring (bicyclic) bond motifs is 1. The predicted octanol–water partition coefficient (Wildman–Crippen LogP) is 3.56. The van der Waals surface area contributed by atoms with E-state index in [2.05, 4.69) is 24.5 Å². The molecule has 1 aromatic rings. The molecular weight excluding hydrogens is 290 g/mol. The molecule has 0 aromatic heterocycles. The third-order valence-corrected chi connectivity index (χ3v) is 4.78. The summed E-state index contributed by atoms with van der Waals surface area (Å²) in [5.74, 6) is 0.341. The molecule has 1 saturated carbocycles. The van der Waals surface area contributed by atoms with Crippen LogP contribution in [0.25, 0.3) is 0 Å². The number of urea groups is 1. The van der Waals surface area contributed by atoms with Gasteiger partial charge in [-0.15, -0.1) is 0 Å². The van der Waals surface area contributed by atoms with E-state index < -0.39 is 6.43 Å². The van der Waals surface area contributed by atoms with Crippen LogP contribution in [0.1, 0.15) is 32.3 Å². The Bertz CT molecular complexity index is 577. The third-order valence-electron chi connectivity index (χ3n) is 4.78. The molecule has 3 atom stereocenters. The lowest BCUT2D eigenvalue weighted by atomic mass is 9.57. The Kier molecular flexibility index (Phi) is 3.80. The molecule has 1 heterocycles. The number of anilines is 1. The van der Waals surface area contributed by atoms with E-state index in [1.807, 2.05) is 0 Å². The first-order valence-electron chi connectivity index (χ1n) is 7.47. The molecule has 22 heavy (non-hydrogen) atoms. The van der Waals surface area contributed by atoms with Gasteiger partial charge in [-0.25, -0.2) is 13.6 Å². The molecular formula is C16H20F2N2O2. The standard InChI is InChI=1S/C16H20F2N2O2/c1-16(2)12(11-6-7-22-13(11)16)20-15(21)19-10-5-3-4-9(8-10)14(17)18/h3-5,8,11-14H,6-7H2,1-2H3,(H2,19,20,21)/t11-,12+,13-/m0/s1. The predicted molar refractivity (Wildman–Crippen MR) is 79.0 cm³/mol. The van der Waals surface area contributed by atoms with E-state index in [9.17, 15) is 13.6 Å². The summed E-state index contributed by atoms with van der Waals surface area (Å²) in [6.07, 6.45) is -1.41. The molecule has 2 amide bonds. The topological polar surface area (TPSA) is 50.4 Å². The molecule has 1 aliphatic carbocycles. The Labute approximate surface area is 128 Å². The molecule has 4 nitrogen and oxygen atoms in total. The molecule has 0 spiro atoms. The molecule has 1 saturated heterocycles. The summed E-state index contributed by atoms with van der Waals surface area (Å²) in [4.78, 5) is 12.1. The highest BCUT2D eigenvalue weighted by molar-refractivity contribution is 5.89. The van der Waals surface area contributed by atoms with E-state index >= 15 is 0 Å². The van der Waals surface area contributed by atoms with Gasteiger partial charge in [0.05, 0.1) is 6.10 Å². The number of alkyl halides is 2. The van der Waals surface area contributed by atoms with Crippen LogP contribution in [-0.2, 0) is 4.74 Å². The number of hydrogen-bond acceptors (Lipinski definition) is 2. The molecule has 0 radical (unpaired) electrons. The van der Waals surface area contributed by atoms with Crippen LogP contribution < -0.4 is 10.6 Å². The number of carbonyl (C=O) groups excluding carboxylic acids is 1. The fourth-order valence-corrected chi connectivity index (χ4v) is 3.68. The van der Waals surface area contributed by atoms with Gasteiger partial charge in [0.25, 0.3) is 6.43 Å². The number of benzene rings is 1. The molecule has 2 fully saturated rings. The maximum Gasteiger partial charge on any atom is 0.319 e. The van der Waals surface area contributed by atoms with Gasteiger partial charge in [-0.2, -0.15) is 0 Å². The van der Waals surface area contributed by atoms with E-state index in [0.717, 1.165) is 13.0 Å². The number of rotatable bonds is 3. The van der Waals surface area contributed by atoms with Crippen molar-refractivity contribution in [3.05, 3.63) is 29.8 Å². The van der Waals surface area contributed by atoms with Crippen molar-refractivity contribution in [3.63, 3.8) is 0 Å². The lowest BCUT2D eigenvalue weighted by molar-refractivity contribution is -0.107. The molecule has 0 bridgehead atoms. The van der Waals surface area contributed by atoms with E-state index in [1.165, 1.54) is 18.2 Å². The second-order valence-electron chi connectivity index (χ2n) is 6.57. The summed E-state index contributed by atoms with van der Waals surface area (Å²) in [5.41, 5.74) is 0.154. The summed E-state index contributed by atoms with van der Waals surface area (Å²) in [6.45, 7) is 4.87. The normalized spacial score (nSPS) is 28.9. The average molecular weight is 310 g/mol. The van der Waals surface area contributed by atoms with E-state index in [0.29, 0.717) is 11.6 Å². The van der Waals surface area contributed by atoms with E-state index in [1.54, 1.807) is 6.07 Å². The SMILES string of the molecule is CC1(C)[C@H](NC(=O)Nc2cccc(C(F)F)c2)[C@@H]2CCO[C@@H]21. The van der Waals surface area contributed by atoms with Gasteiger partial charge >= 0.3 is 6.03 Å². The summed E-state index contributed by atoms with van der Waals surface area (Å²) in [5, 5.41) is 5.59. The minimum absolute atomic E-state index is 0.0401. The Morgan fingerprint density at radius 2 is 2.18 bits per heavy atom. The van der Waals surface area contributed by atoms with Gasteiger partial charge in [-0.1, -0.05) is 26.0 Å². The maximum atomic E-state index is 12.7. The van der Waals surface area contributed by atoms with Crippen molar-refractivity contribution in [2.45, 2.75) is 38.8 Å². The molecule has 1 aliphatic heterocycles. The van der Waals surface area contributed by atoms with Crippen LogP contribution in [-0.4, -0.2) is 24.8 Å². The van der Waals surface area contributed by atoms with Crippen LogP contribution in [0.5, 0.6) is 0 Å². The van der Waals surface area contributed by atoms with Gasteiger partial charge in [-0.3, -0.25) is 0 Å². The number of amides is 2. The molecule has 6 heteroatoms. The summed E-state index contributed by atoms with van der Waals surface area (Å²) in [6, 6.07) is 5.40. The van der Waals surface area contributed by atoms with Crippen molar-refractivity contribution < 1.29 is 18.3 Å². The van der Waals surface area contributed by atoms with Crippen molar-refractivity contribution in [3.8, 4) is 0 Å². The third kappa shape index (κ3) is 2.56. The fourth-order valence-electron chi connectivity index (χ4n) is 3.68. The zero-order valence-corrected chi connectivity index (χ0v) is 12.6. The van der Waals surface area contributed by atoms with Gasteiger partial charge in [0.1, 0.15) is 0 Å². The molecule has 2 N–H and O–H groups in total. The summed E-state index contributed by atoms with van der Waals surface area (Å²) >= 11 is 0. The van der Waals surface area contributed by atoms with Crippen molar-refractivity contribution in [1.82, 2.24) is 5.32 Å². The first kappa shape index (κ1) is 15.2. The fraction of sp³-hybridized carbons (Fsp3) is 0.562. The number of hydrogen-bond donors (Lipinski definition) is 2. The smallest absolute Gasteiger partial charge is 0.319 e. The molecule has 2 aliphatic rings. The zero-order chi connectivity index (χ0) is 15.9. The first-order valence-corrected chi connectivity index (χ1v) is 7.47. The highest BCUT2D eigenvalue weighted by Gasteiger charge is 2.59. The zero-order valence-electron chi connectivity index (χ0n) is 12.6. The first-order chi connectivity index (χ1) is 10.4. The second kappa shape index (κ2) is 5.50. The Morgan fingerprint density at radius 3 is 2.91 bits per heavy atom. The van der Waals surface area contributed by atoms with Crippen LogP contribution in [0.15, 0.2) is 24.3 Å². The van der Waals surface area contributed by atoms with Crippen LogP contribution in [0.2, 0.25) is 0 Å². The largest absolute Gasteiger partial charge is 0.377 e. The lowest BCUT2D eigenvalue weighted by Crippen LogP contribution is -2.67. The van der Waals surface area contributed by atoms with Crippen LogP contribution >= 0.6 is 0 Å². The van der Waals surface area contributed by atoms with Gasteiger partial charge in [0, 0.05) is 35.2 Å². The number of carbonyl (C=O) groups is 1. The van der Waals surface area contributed by atoms with Gasteiger partial charge in [0.15, 0.2) is 0 Å². The molecule has 1 aromatic carbocycles. The second-order valence-corrected chi connectivity index (χ2v) is 6.57. The summed E-state index contributed by atoms with van der Waals surface area (Å²) < 4.78 is 31.0. The Hall–Kier alpha value is -1.69. The number of halogens is 2. The van der Waals surface area contributed by atoms with Crippen LogP contribution in [0.3, 0.4) is 0 Å². The van der Waals surface area contributed by atoms with Gasteiger partial charge in [-0.05, 0) is 18.6 Å². The lowest BCUT2D eigenvalue weighted by Gasteiger charge is -2.54. The van der Waals surface area contributed by atoms with Crippen molar-refractivity contribution in [2.24, 2.45) is 11.3 Å². The number of ether oxygens (including phenoxy) is 1. The van der Waals surface area contributed by atoms with Crippen LogP contribution in [0.4, 0.5) is 19.3 Å². The van der Waals surface area contributed by atoms with Crippen molar-refractivity contribution >= 4 is 11.7 Å². The molecule has 120 valence electrons. The maximum absolute atomic E-state index is 12.7. The summed E-state index contributed by atoms with van der Waals surface area (Å²) in [7, 11) is 0. The Balaban J connectivity index is 1.62. The Morgan fingerprint density at radius 1 is 1.41 bits per heavy atom. The quantitative estimate of drug-likeness (QED) is 0.897. The number of nitrogens with one attached hydrogen (secondary N) is 2. The highest BCUT2D eigenvalue weighted by Crippen LogP contribution is 2.52. The van der Waals surface area contributed by atoms with E-state index in [4.69, 9.17) is 4.74 Å². The van der Waals surface area contributed by atoms with Crippen molar-refractivity contribution in [2.75, 3.05) is 11.9 Å². The molecule has 3 rings (SSSR count). The average Bonchev–Trinajstić information content (AvgIpc) is 2.92. The van der Waals surface area contributed by atoms with Gasteiger partial charge < -0.3 is 15.4 Å². The molecule has 0 unspecified atom stereocenters. The minimum atomic E-state index is -2.55. The van der Waals surface area contributed by atoms with E-state index in [-0.39, 0.29) is 29.2 Å². The monoisotopic (exact) mass is 310 g/mol. The minimum Gasteiger partial charge on any atom is -0.377 e. The highest BCUT2D eigenvalue weighted by atomic mass is 19.3.